The molecule has 0 aliphatic rings. The largest absolute Gasteiger partial charge is 0.493 e. The van der Waals surface area contributed by atoms with Crippen molar-refractivity contribution >= 4 is 22.4 Å². The number of nitrogens with one attached hydrogen (secondary N) is 1. The summed E-state index contributed by atoms with van der Waals surface area (Å²) < 4.78 is 7.65. The second-order valence-electron chi connectivity index (χ2n) is 6.15. The molecule has 0 saturated heterocycles. The van der Waals surface area contributed by atoms with Crippen LogP contribution < -0.4 is 10.1 Å². The number of nitrogens with zero attached hydrogens (tertiary/aromatic N) is 2. The Kier molecular flexibility index (Phi) is 5.03. The van der Waals surface area contributed by atoms with E-state index in [4.69, 9.17) is 4.74 Å². The molecule has 3 aromatic rings. The van der Waals surface area contributed by atoms with E-state index in [1.165, 1.54) is 0 Å². The van der Waals surface area contributed by atoms with Gasteiger partial charge in [-0.3, -0.25) is 9.48 Å². The van der Waals surface area contributed by atoms with Gasteiger partial charge in [-0.15, -0.1) is 0 Å². The molecular formula is C20H23N3O2. The van der Waals surface area contributed by atoms with Gasteiger partial charge in [0.05, 0.1) is 23.7 Å². The smallest absolute Gasteiger partial charge is 0.224 e. The van der Waals surface area contributed by atoms with Crippen molar-refractivity contribution in [3.63, 3.8) is 0 Å². The molecule has 1 aromatic heterocycles. The number of carbonyl (C=O) groups excluding carboxylic acids is 1. The van der Waals surface area contributed by atoms with E-state index >= 15 is 0 Å². The van der Waals surface area contributed by atoms with E-state index in [1.807, 2.05) is 51.2 Å². The summed E-state index contributed by atoms with van der Waals surface area (Å²) in [4.78, 5) is 12.1. The zero-order valence-electron chi connectivity index (χ0n) is 14.9. The van der Waals surface area contributed by atoms with Gasteiger partial charge < -0.3 is 10.1 Å². The highest BCUT2D eigenvalue weighted by Crippen LogP contribution is 2.25. The van der Waals surface area contributed by atoms with Crippen LogP contribution in [0, 0.1) is 13.8 Å². The molecule has 0 spiro atoms. The van der Waals surface area contributed by atoms with Crippen LogP contribution in [-0.2, 0) is 11.8 Å². The fourth-order valence-electron chi connectivity index (χ4n) is 2.89. The molecule has 130 valence electrons. The Hall–Kier alpha value is -2.82. The van der Waals surface area contributed by atoms with Crippen LogP contribution in [0.3, 0.4) is 0 Å². The van der Waals surface area contributed by atoms with E-state index in [-0.39, 0.29) is 5.91 Å². The minimum absolute atomic E-state index is 0.0132. The normalized spacial score (nSPS) is 10.8. The minimum atomic E-state index is -0.0132. The number of anilines is 1. The predicted molar refractivity (Wildman–Crippen MR) is 100.0 cm³/mol. The molecule has 2 aromatic carbocycles. The van der Waals surface area contributed by atoms with E-state index in [9.17, 15) is 4.79 Å². The van der Waals surface area contributed by atoms with Crippen LogP contribution in [0.4, 0.5) is 5.69 Å². The first-order chi connectivity index (χ1) is 12.1. The summed E-state index contributed by atoms with van der Waals surface area (Å²) in [5.74, 6) is 0.846. The Balaban J connectivity index is 1.52. The molecule has 5 heteroatoms. The number of rotatable bonds is 6. The van der Waals surface area contributed by atoms with Crippen LogP contribution in [0.1, 0.15) is 24.2 Å². The maximum absolute atomic E-state index is 12.1. The van der Waals surface area contributed by atoms with Gasteiger partial charge in [-0.25, -0.2) is 0 Å². The van der Waals surface area contributed by atoms with Crippen molar-refractivity contribution in [3.05, 3.63) is 53.9 Å². The van der Waals surface area contributed by atoms with Crippen LogP contribution in [0.25, 0.3) is 10.8 Å². The highest BCUT2D eigenvalue weighted by molar-refractivity contribution is 5.92. The van der Waals surface area contributed by atoms with Crippen molar-refractivity contribution < 1.29 is 9.53 Å². The molecule has 0 bridgehead atoms. The third-order valence-electron chi connectivity index (χ3n) is 4.33. The molecule has 0 aliphatic carbocycles. The number of hydrogen-bond acceptors (Lipinski definition) is 3. The molecule has 1 heterocycles. The Morgan fingerprint density at radius 3 is 2.68 bits per heavy atom. The molecule has 0 aliphatic heterocycles. The summed E-state index contributed by atoms with van der Waals surface area (Å²) in [6, 6.07) is 14.1. The molecule has 1 N–H and O–H groups in total. The average molecular weight is 337 g/mol. The quantitative estimate of drug-likeness (QED) is 0.692. The first-order valence-electron chi connectivity index (χ1n) is 8.47. The van der Waals surface area contributed by atoms with Gasteiger partial charge in [-0.1, -0.05) is 36.4 Å². The highest BCUT2D eigenvalue weighted by Gasteiger charge is 2.12. The molecule has 0 saturated carbocycles. The van der Waals surface area contributed by atoms with Crippen LogP contribution in [0.2, 0.25) is 0 Å². The fraction of sp³-hybridized carbons (Fsp3) is 0.300. The van der Waals surface area contributed by atoms with E-state index in [1.54, 1.807) is 4.68 Å². The lowest BCUT2D eigenvalue weighted by atomic mass is 10.1. The first-order valence-corrected chi connectivity index (χ1v) is 8.47. The number of hydrogen-bond donors (Lipinski definition) is 1. The average Bonchev–Trinajstić information content (AvgIpc) is 2.85. The summed E-state index contributed by atoms with van der Waals surface area (Å²) in [5.41, 5.74) is 2.60. The molecule has 0 atom stereocenters. The monoisotopic (exact) mass is 337 g/mol. The molecule has 0 unspecified atom stereocenters. The second kappa shape index (κ2) is 7.38. The third-order valence-corrected chi connectivity index (χ3v) is 4.33. The maximum Gasteiger partial charge on any atom is 0.224 e. The van der Waals surface area contributed by atoms with Gasteiger partial charge in [0.2, 0.25) is 5.91 Å². The lowest BCUT2D eigenvalue weighted by Crippen LogP contribution is -2.14. The Labute approximate surface area is 147 Å². The molecule has 1 amide bonds. The summed E-state index contributed by atoms with van der Waals surface area (Å²) in [7, 11) is 1.87. The number of aryl methyl sites for hydroxylation is 2. The molecule has 0 radical (unpaired) electrons. The van der Waals surface area contributed by atoms with Gasteiger partial charge in [-0.2, -0.15) is 5.10 Å². The summed E-state index contributed by atoms with van der Waals surface area (Å²) >= 11 is 0. The van der Waals surface area contributed by atoms with Crippen molar-refractivity contribution in [2.24, 2.45) is 7.05 Å². The second-order valence-corrected chi connectivity index (χ2v) is 6.15. The Bertz CT molecular complexity index is 894. The number of ether oxygens (including phenoxy) is 1. The van der Waals surface area contributed by atoms with Gasteiger partial charge in [0.25, 0.3) is 0 Å². The number of benzene rings is 2. The molecule has 5 nitrogen and oxygen atoms in total. The number of fused-ring (bicyclic) bond motifs is 1. The summed E-state index contributed by atoms with van der Waals surface area (Å²) in [5, 5.41) is 9.50. The summed E-state index contributed by atoms with van der Waals surface area (Å²) in [6.45, 7) is 4.35. The van der Waals surface area contributed by atoms with Crippen LogP contribution in [0.15, 0.2) is 42.5 Å². The highest BCUT2D eigenvalue weighted by atomic mass is 16.5. The molecule has 3 rings (SSSR count). The standard InChI is InChI=1S/C20H23N3O2/c1-14-20(15(2)23(3)22-14)21-19(24)12-7-13-25-18-11-6-9-16-8-4-5-10-17(16)18/h4-6,8-11H,7,12-13H2,1-3H3,(H,21,24). The zero-order chi connectivity index (χ0) is 17.8. The van der Waals surface area contributed by atoms with Gasteiger partial charge in [-0.05, 0) is 31.7 Å². The van der Waals surface area contributed by atoms with Crippen LogP contribution >= 0.6 is 0 Å². The minimum Gasteiger partial charge on any atom is -0.493 e. The molecular weight excluding hydrogens is 314 g/mol. The third kappa shape index (κ3) is 3.82. The van der Waals surface area contributed by atoms with Gasteiger partial charge >= 0.3 is 0 Å². The van der Waals surface area contributed by atoms with Crippen molar-refractivity contribution in [2.75, 3.05) is 11.9 Å². The molecule has 25 heavy (non-hydrogen) atoms. The van der Waals surface area contributed by atoms with Crippen molar-refractivity contribution in [2.45, 2.75) is 26.7 Å². The van der Waals surface area contributed by atoms with E-state index < -0.39 is 0 Å². The predicted octanol–water partition coefficient (Wildman–Crippen LogP) is 3.99. The number of aromatic nitrogens is 2. The van der Waals surface area contributed by atoms with Crippen LogP contribution in [0.5, 0.6) is 5.75 Å². The fourth-order valence-corrected chi connectivity index (χ4v) is 2.89. The van der Waals surface area contributed by atoms with Crippen molar-refractivity contribution in [1.29, 1.82) is 0 Å². The number of amides is 1. The zero-order valence-corrected chi connectivity index (χ0v) is 14.9. The maximum atomic E-state index is 12.1. The van der Waals surface area contributed by atoms with Gasteiger partial charge in [0, 0.05) is 18.9 Å². The van der Waals surface area contributed by atoms with Gasteiger partial charge in [0.15, 0.2) is 0 Å². The van der Waals surface area contributed by atoms with E-state index in [0.717, 1.165) is 33.6 Å². The van der Waals surface area contributed by atoms with Crippen molar-refractivity contribution in [3.8, 4) is 5.75 Å². The lowest BCUT2D eigenvalue weighted by Gasteiger charge is -2.09. The van der Waals surface area contributed by atoms with Crippen LogP contribution in [-0.4, -0.2) is 22.3 Å². The van der Waals surface area contributed by atoms with Crippen molar-refractivity contribution in [1.82, 2.24) is 9.78 Å². The Morgan fingerprint density at radius 2 is 1.92 bits per heavy atom. The lowest BCUT2D eigenvalue weighted by molar-refractivity contribution is -0.116. The summed E-state index contributed by atoms with van der Waals surface area (Å²) in [6.07, 6.45) is 1.08. The molecule has 0 fully saturated rings. The number of carbonyl (C=O) groups is 1. The SMILES string of the molecule is Cc1nn(C)c(C)c1NC(=O)CCCOc1cccc2ccccc12. The van der Waals surface area contributed by atoms with E-state index in [2.05, 4.69) is 22.5 Å². The van der Waals surface area contributed by atoms with E-state index in [0.29, 0.717) is 19.4 Å². The topological polar surface area (TPSA) is 56.2 Å². The Morgan fingerprint density at radius 1 is 1.16 bits per heavy atom. The van der Waals surface area contributed by atoms with Gasteiger partial charge in [0.1, 0.15) is 5.75 Å². The first kappa shape index (κ1) is 17.0.